The summed E-state index contributed by atoms with van der Waals surface area (Å²) >= 11 is 0. The van der Waals surface area contributed by atoms with Crippen LogP contribution in [-0.2, 0) is 4.74 Å². The molecule has 76 valence electrons. The van der Waals surface area contributed by atoms with Crippen LogP contribution in [0.5, 0.6) is 0 Å². The number of aliphatic hydroxyl groups excluding tert-OH is 1. The van der Waals surface area contributed by atoms with Gasteiger partial charge in [0.1, 0.15) is 0 Å². The summed E-state index contributed by atoms with van der Waals surface area (Å²) in [6.45, 7) is 2.59. The summed E-state index contributed by atoms with van der Waals surface area (Å²) in [5.41, 5.74) is 0.939. The van der Waals surface area contributed by atoms with Gasteiger partial charge in [-0.3, -0.25) is 0 Å². The SMILES string of the molecule is CCO/C=C/CC(O)c1ccccc1. The minimum Gasteiger partial charge on any atom is -0.502 e. The molecule has 0 aliphatic heterocycles. The van der Waals surface area contributed by atoms with E-state index in [1.165, 1.54) is 0 Å². The summed E-state index contributed by atoms with van der Waals surface area (Å²) in [5, 5.41) is 9.71. The number of hydrogen-bond donors (Lipinski definition) is 1. The van der Waals surface area contributed by atoms with Crippen LogP contribution in [-0.4, -0.2) is 11.7 Å². The number of aliphatic hydroxyl groups is 1. The number of benzene rings is 1. The third-order valence-corrected chi connectivity index (χ3v) is 1.90. The largest absolute Gasteiger partial charge is 0.502 e. The Labute approximate surface area is 84.8 Å². The Morgan fingerprint density at radius 3 is 2.71 bits per heavy atom. The third-order valence-electron chi connectivity index (χ3n) is 1.90. The van der Waals surface area contributed by atoms with E-state index in [1.807, 2.05) is 43.3 Å². The van der Waals surface area contributed by atoms with Gasteiger partial charge in [-0.05, 0) is 25.0 Å². The molecule has 0 bridgehead atoms. The van der Waals surface area contributed by atoms with Gasteiger partial charge in [-0.2, -0.15) is 0 Å². The van der Waals surface area contributed by atoms with Crippen LogP contribution in [0.25, 0.3) is 0 Å². The van der Waals surface area contributed by atoms with Gasteiger partial charge in [-0.1, -0.05) is 30.3 Å². The summed E-state index contributed by atoms with van der Waals surface area (Å²) in [5.74, 6) is 0. The molecule has 0 aliphatic carbocycles. The lowest BCUT2D eigenvalue weighted by atomic mass is 10.1. The van der Waals surface area contributed by atoms with Crippen molar-refractivity contribution in [2.24, 2.45) is 0 Å². The zero-order valence-corrected chi connectivity index (χ0v) is 8.39. The van der Waals surface area contributed by atoms with Crippen LogP contribution in [0, 0.1) is 0 Å². The summed E-state index contributed by atoms with van der Waals surface area (Å²) in [7, 11) is 0. The van der Waals surface area contributed by atoms with E-state index >= 15 is 0 Å². The maximum atomic E-state index is 9.71. The Morgan fingerprint density at radius 1 is 1.36 bits per heavy atom. The maximum absolute atomic E-state index is 9.71. The second kappa shape index (κ2) is 6.22. The zero-order valence-electron chi connectivity index (χ0n) is 8.39. The minimum absolute atomic E-state index is 0.437. The van der Waals surface area contributed by atoms with Crippen molar-refractivity contribution in [2.45, 2.75) is 19.4 Å². The molecule has 0 saturated carbocycles. The Bertz CT molecular complexity index is 267. The smallest absolute Gasteiger partial charge is 0.0845 e. The van der Waals surface area contributed by atoms with Crippen molar-refractivity contribution < 1.29 is 9.84 Å². The van der Waals surface area contributed by atoms with E-state index in [2.05, 4.69) is 0 Å². The lowest BCUT2D eigenvalue weighted by molar-refractivity contribution is 0.179. The summed E-state index contributed by atoms with van der Waals surface area (Å²) in [6, 6.07) is 9.61. The van der Waals surface area contributed by atoms with Gasteiger partial charge in [0.2, 0.25) is 0 Å². The molecule has 0 radical (unpaired) electrons. The fraction of sp³-hybridized carbons (Fsp3) is 0.333. The predicted molar refractivity (Wildman–Crippen MR) is 56.8 cm³/mol. The van der Waals surface area contributed by atoms with Gasteiger partial charge < -0.3 is 9.84 Å². The normalized spacial score (nSPS) is 13.0. The van der Waals surface area contributed by atoms with E-state index in [-0.39, 0.29) is 0 Å². The predicted octanol–water partition coefficient (Wildman–Crippen LogP) is 2.66. The minimum atomic E-state index is -0.437. The number of rotatable bonds is 5. The molecule has 0 heterocycles. The van der Waals surface area contributed by atoms with Crippen LogP contribution < -0.4 is 0 Å². The topological polar surface area (TPSA) is 29.5 Å². The highest BCUT2D eigenvalue weighted by Gasteiger charge is 2.03. The molecule has 14 heavy (non-hydrogen) atoms. The molecule has 1 N–H and O–H groups in total. The molecule has 0 amide bonds. The first kappa shape index (κ1) is 10.8. The van der Waals surface area contributed by atoms with Crippen LogP contribution in [0.15, 0.2) is 42.7 Å². The molecule has 1 aromatic rings. The van der Waals surface area contributed by atoms with Gasteiger partial charge >= 0.3 is 0 Å². The van der Waals surface area contributed by atoms with Crippen LogP contribution in [0.2, 0.25) is 0 Å². The first-order valence-corrected chi connectivity index (χ1v) is 4.84. The van der Waals surface area contributed by atoms with Crippen molar-refractivity contribution in [3.8, 4) is 0 Å². The maximum Gasteiger partial charge on any atom is 0.0845 e. The Balaban J connectivity index is 2.39. The van der Waals surface area contributed by atoms with Crippen molar-refractivity contribution in [2.75, 3.05) is 6.61 Å². The van der Waals surface area contributed by atoms with Crippen LogP contribution in [0.4, 0.5) is 0 Å². The fourth-order valence-corrected chi connectivity index (χ4v) is 1.16. The van der Waals surface area contributed by atoms with Crippen molar-refractivity contribution in [3.63, 3.8) is 0 Å². The van der Waals surface area contributed by atoms with Crippen LogP contribution in [0.1, 0.15) is 25.0 Å². The highest BCUT2D eigenvalue weighted by Crippen LogP contribution is 2.15. The van der Waals surface area contributed by atoms with E-state index in [0.29, 0.717) is 13.0 Å². The lowest BCUT2D eigenvalue weighted by Gasteiger charge is -2.07. The second-order valence-corrected chi connectivity index (χ2v) is 2.99. The molecule has 1 aromatic carbocycles. The molecule has 0 fully saturated rings. The monoisotopic (exact) mass is 192 g/mol. The number of hydrogen-bond acceptors (Lipinski definition) is 2. The van der Waals surface area contributed by atoms with Gasteiger partial charge in [0.25, 0.3) is 0 Å². The van der Waals surface area contributed by atoms with E-state index in [4.69, 9.17) is 4.74 Å². The van der Waals surface area contributed by atoms with Crippen molar-refractivity contribution in [3.05, 3.63) is 48.2 Å². The Kier molecular flexibility index (Phi) is 4.79. The van der Waals surface area contributed by atoms with Gasteiger partial charge in [0, 0.05) is 0 Å². The molecule has 2 heteroatoms. The molecular weight excluding hydrogens is 176 g/mol. The van der Waals surface area contributed by atoms with Crippen molar-refractivity contribution in [1.29, 1.82) is 0 Å². The van der Waals surface area contributed by atoms with Crippen LogP contribution >= 0.6 is 0 Å². The van der Waals surface area contributed by atoms with Crippen LogP contribution in [0.3, 0.4) is 0 Å². The number of ether oxygens (including phenoxy) is 1. The van der Waals surface area contributed by atoms with E-state index in [9.17, 15) is 5.11 Å². The zero-order chi connectivity index (χ0) is 10.2. The second-order valence-electron chi connectivity index (χ2n) is 2.99. The highest BCUT2D eigenvalue weighted by atomic mass is 16.5. The average molecular weight is 192 g/mol. The van der Waals surface area contributed by atoms with Gasteiger partial charge in [-0.25, -0.2) is 0 Å². The molecule has 0 aliphatic rings. The molecule has 0 spiro atoms. The molecule has 2 nitrogen and oxygen atoms in total. The van der Waals surface area contributed by atoms with E-state index < -0.39 is 6.10 Å². The highest BCUT2D eigenvalue weighted by molar-refractivity contribution is 5.17. The lowest BCUT2D eigenvalue weighted by Crippen LogP contribution is -1.94. The van der Waals surface area contributed by atoms with Gasteiger partial charge in [0.15, 0.2) is 0 Å². The molecule has 0 saturated heterocycles. The molecule has 1 unspecified atom stereocenters. The van der Waals surface area contributed by atoms with E-state index in [0.717, 1.165) is 5.56 Å². The standard InChI is InChI=1S/C12H16O2/c1-2-14-10-6-9-12(13)11-7-4-3-5-8-11/h3-8,10,12-13H,2,9H2,1H3/b10-6+. The quantitative estimate of drug-likeness (QED) is 0.727. The van der Waals surface area contributed by atoms with Gasteiger partial charge in [0.05, 0.1) is 19.0 Å². The average Bonchev–Trinajstić information content (AvgIpc) is 2.25. The molecule has 0 aromatic heterocycles. The molecular formula is C12H16O2. The summed E-state index contributed by atoms with van der Waals surface area (Å²) in [6.07, 6.45) is 3.62. The third kappa shape index (κ3) is 3.62. The Morgan fingerprint density at radius 2 is 2.07 bits per heavy atom. The first-order valence-electron chi connectivity index (χ1n) is 4.84. The summed E-state index contributed by atoms with van der Waals surface area (Å²) < 4.78 is 5.03. The first-order chi connectivity index (χ1) is 6.84. The molecule has 1 atom stereocenters. The van der Waals surface area contributed by atoms with E-state index in [1.54, 1.807) is 6.26 Å². The van der Waals surface area contributed by atoms with Gasteiger partial charge in [-0.15, -0.1) is 0 Å². The summed E-state index contributed by atoms with van der Waals surface area (Å²) in [4.78, 5) is 0. The van der Waals surface area contributed by atoms with Crippen molar-refractivity contribution >= 4 is 0 Å². The fourth-order valence-electron chi connectivity index (χ4n) is 1.16. The Hall–Kier alpha value is -1.28. The molecule has 1 rings (SSSR count). The van der Waals surface area contributed by atoms with Crippen molar-refractivity contribution in [1.82, 2.24) is 0 Å².